The Morgan fingerprint density at radius 1 is 1.26 bits per heavy atom. The Kier molecular flexibility index (Phi) is 5.24. The number of allylic oxidation sites excluding steroid dienone is 2. The minimum Gasteiger partial charge on any atom is -0.396 e. The minimum atomic E-state index is -0.688. The first-order valence-electron chi connectivity index (χ1n) is 11.7. The normalized spacial score (nSPS) is 29.0. The lowest BCUT2D eigenvalue weighted by Crippen LogP contribution is -2.50. The number of amides is 2. The van der Waals surface area contributed by atoms with Gasteiger partial charge in [0.05, 0.1) is 6.04 Å². The third kappa shape index (κ3) is 3.34. The predicted molar refractivity (Wildman–Crippen MR) is 116 cm³/mol. The molecule has 7 nitrogen and oxygen atoms in total. The van der Waals surface area contributed by atoms with Crippen LogP contribution in [0.25, 0.3) is 5.57 Å². The molecule has 3 heterocycles. The SMILES string of the molecule is CCNC(=O)[C@H]1[C@H](CO)[C@H]2Cn3c(ccc(C4=CCCC4)c3=O)[C@H]2N1C(=O)CC1CC1. The van der Waals surface area contributed by atoms with Crippen LogP contribution in [-0.2, 0) is 16.1 Å². The van der Waals surface area contributed by atoms with Crippen LogP contribution in [0.2, 0.25) is 0 Å². The number of nitrogens with one attached hydrogen (secondary N) is 1. The average molecular weight is 426 g/mol. The summed E-state index contributed by atoms with van der Waals surface area (Å²) < 4.78 is 1.79. The van der Waals surface area contributed by atoms with Gasteiger partial charge in [0.15, 0.2) is 0 Å². The smallest absolute Gasteiger partial charge is 0.258 e. The van der Waals surface area contributed by atoms with Crippen LogP contribution in [0.1, 0.15) is 62.7 Å². The first-order chi connectivity index (χ1) is 15.0. The highest BCUT2D eigenvalue weighted by Crippen LogP contribution is 2.50. The second-order valence-corrected chi connectivity index (χ2v) is 9.45. The van der Waals surface area contributed by atoms with Crippen LogP contribution in [-0.4, -0.2) is 45.6 Å². The van der Waals surface area contributed by atoms with E-state index in [4.69, 9.17) is 0 Å². The molecule has 31 heavy (non-hydrogen) atoms. The number of aliphatic hydroxyl groups is 1. The molecule has 1 saturated carbocycles. The van der Waals surface area contributed by atoms with E-state index >= 15 is 0 Å². The number of carbonyl (C=O) groups is 2. The molecule has 2 N–H and O–H groups in total. The van der Waals surface area contributed by atoms with E-state index in [0.717, 1.165) is 48.9 Å². The van der Waals surface area contributed by atoms with Crippen LogP contribution >= 0.6 is 0 Å². The molecule has 0 unspecified atom stereocenters. The fraction of sp³-hybridized carbons (Fsp3) is 0.625. The lowest BCUT2D eigenvalue weighted by atomic mass is 9.88. The molecule has 0 aromatic carbocycles. The van der Waals surface area contributed by atoms with Gasteiger partial charge in [0, 0.05) is 49.2 Å². The summed E-state index contributed by atoms with van der Waals surface area (Å²) in [5.41, 5.74) is 2.64. The molecule has 0 spiro atoms. The maximum absolute atomic E-state index is 13.4. The molecular formula is C24H31N3O4. The van der Waals surface area contributed by atoms with Gasteiger partial charge in [-0.3, -0.25) is 14.4 Å². The second-order valence-electron chi connectivity index (χ2n) is 9.45. The van der Waals surface area contributed by atoms with Crippen molar-refractivity contribution in [1.29, 1.82) is 0 Å². The molecule has 2 aliphatic carbocycles. The lowest BCUT2D eigenvalue weighted by molar-refractivity contribution is -0.142. The number of carbonyl (C=O) groups excluding carboxylic acids is 2. The van der Waals surface area contributed by atoms with Crippen LogP contribution in [0.5, 0.6) is 0 Å². The third-order valence-corrected chi connectivity index (χ3v) is 7.53. The first kappa shape index (κ1) is 20.5. The summed E-state index contributed by atoms with van der Waals surface area (Å²) in [4.78, 5) is 41.4. The van der Waals surface area contributed by atoms with Crippen LogP contribution in [0.3, 0.4) is 0 Å². The van der Waals surface area contributed by atoms with Crippen LogP contribution in [0.4, 0.5) is 0 Å². The van der Waals surface area contributed by atoms with Gasteiger partial charge in [0.2, 0.25) is 11.8 Å². The number of likely N-dealkylation sites (N-methyl/N-ethyl adjacent to an activating group) is 1. The number of likely N-dealkylation sites (tertiary alicyclic amines) is 1. The fourth-order valence-electron chi connectivity index (χ4n) is 5.88. The van der Waals surface area contributed by atoms with E-state index in [1.54, 1.807) is 9.47 Å². The van der Waals surface area contributed by atoms with Crippen molar-refractivity contribution < 1.29 is 14.7 Å². The minimum absolute atomic E-state index is 0.0131. The van der Waals surface area contributed by atoms with Gasteiger partial charge in [-0.15, -0.1) is 0 Å². The van der Waals surface area contributed by atoms with E-state index < -0.39 is 6.04 Å². The zero-order valence-corrected chi connectivity index (χ0v) is 18.0. The molecule has 2 aliphatic heterocycles. The van der Waals surface area contributed by atoms with Crippen molar-refractivity contribution in [1.82, 2.24) is 14.8 Å². The Labute approximate surface area is 182 Å². The lowest BCUT2D eigenvalue weighted by Gasteiger charge is -2.31. The highest BCUT2D eigenvalue weighted by molar-refractivity contribution is 5.89. The molecule has 166 valence electrons. The van der Waals surface area contributed by atoms with Gasteiger partial charge in [-0.1, -0.05) is 6.08 Å². The number of aliphatic hydroxyl groups excluding tert-OH is 1. The Balaban J connectivity index is 1.56. The summed E-state index contributed by atoms with van der Waals surface area (Å²) in [6.45, 7) is 2.58. The molecule has 0 radical (unpaired) electrons. The maximum Gasteiger partial charge on any atom is 0.258 e. The number of hydrogen-bond acceptors (Lipinski definition) is 4. The Bertz CT molecular complexity index is 993. The molecule has 4 aliphatic rings. The van der Waals surface area contributed by atoms with Gasteiger partial charge >= 0.3 is 0 Å². The molecule has 1 aromatic rings. The standard InChI is InChI=1S/C24H31N3O4/c1-2-25-23(30)22-18(13-28)17-12-26-19(21(17)27(22)20(29)11-14-7-8-14)10-9-16(24(26)31)15-5-3-4-6-15/h5,9-10,14,17-18,21-22,28H,2-4,6-8,11-13H2,1H3,(H,25,30)/t17-,18-,21+,22-/m1/s1. The fourth-order valence-corrected chi connectivity index (χ4v) is 5.88. The van der Waals surface area contributed by atoms with Gasteiger partial charge in [-0.25, -0.2) is 0 Å². The topological polar surface area (TPSA) is 91.6 Å². The van der Waals surface area contributed by atoms with Gasteiger partial charge in [0.1, 0.15) is 6.04 Å². The quantitative estimate of drug-likeness (QED) is 0.728. The molecule has 5 rings (SSSR count). The van der Waals surface area contributed by atoms with Gasteiger partial charge < -0.3 is 19.9 Å². The molecule has 1 aromatic heterocycles. The summed E-state index contributed by atoms with van der Waals surface area (Å²) >= 11 is 0. The first-order valence-corrected chi connectivity index (χ1v) is 11.7. The number of aromatic nitrogens is 1. The van der Waals surface area contributed by atoms with Crippen molar-refractivity contribution >= 4 is 17.4 Å². The zero-order valence-electron chi connectivity index (χ0n) is 18.0. The van der Waals surface area contributed by atoms with E-state index in [1.165, 1.54) is 0 Å². The Hall–Kier alpha value is -2.41. The van der Waals surface area contributed by atoms with Crippen molar-refractivity contribution in [3.05, 3.63) is 39.8 Å². The van der Waals surface area contributed by atoms with Crippen LogP contribution in [0.15, 0.2) is 23.0 Å². The van der Waals surface area contributed by atoms with E-state index in [0.29, 0.717) is 25.4 Å². The largest absolute Gasteiger partial charge is 0.396 e. The molecule has 4 atom stereocenters. The number of fused-ring (bicyclic) bond motifs is 3. The van der Waals surface area contributed by atoms with Crippen molar-refractivity contribution in [3.63, 3.8) is 0 Å². The monoisotopic (exact) mass is 425 g/mol. The number of rotatable bonds is 6. The van der Waals surface area contributed by atoms with E-state index in [1.807, 2.05) is 19.1 Å². The molecule has 7 heteroatoms. The van der Waals surface area contributed by atoms with E-state index in [-0.39, 0.29) is 41.9 Å². The highest BCUT2D eigenvalue weighted by atomic mass is 16.3. The Morgan fingerprint density at radius 2 is 2.06 bits per heavy atom. The van der Waals surface area contributed by atoms with Crippen molar-refractivity contribution in [2.45, 2.75) is 64.1 Å². The Morgan fingerprint density at radius 3 is 2.71 bits per heavy atom. The van der Waals surface area contributed by atoms with Crippen molar-refractivity contribution in [2.24, 2.45) is 17.8 Å². The zero-order chi connectivity index (χ0) is 21.7. The maximum atomic E-state index is 13.4. The summed E-state index contributed by atoms with van der Waals surface area (Å²) in [5, 5.41) is 13.1. The highest BCUT2D eigenvalue weighted by Gasteiger charge is 2.57. The third-order valence-electron chi connectivity index (χ3n) is 7.53. The number of nitrogens with zero attached hydrogens (tertiary/aromatic N) is 2. The molecule has 2 fully saturated rings. The van der Waals surface area contributed by atoms with Gasteiger partial charge in [-0.05, 0) is 62.7 Å². The summed E-state index contributed by atoms with van der Waals surface area (Å²) in [7, 11) is 0. The predicted octanol–water partition coefficient (Wildman–Crippen LogP) is 1.84. The number of hydrogen-bond donors (Lipinski definition) is 2. The van der Waals surface area contributed by atoms with Gasteiger partial charge in [-0.2, -0.15) is 0 Å². The summed E-state index contributed by atoms with van der Waals surface area (Å²) in [6, 6.07) is 2.83. The second kappa shape index (κ2) is 7.93. The molecular weight excluding hydrogens is 394 g/mol. The van der Waals surface area contributed by atoms with E-state index in [2.05, 4.69) is 11.4 Å². The molecule has 0 bridgehead atoms. The van der Waals surface area contributed by atoms with Crippen molar-refractivity contribution in [3.8, 4) is 0 Å². The summed E-state index contributed by atoms with van der Waals surface area (Å²) in [5.74, 6) is -0.362. The van der Waals surface area contributed by atoms with Crippen LogP contribution in [0, 0.1) is 17.8 Å². The molecule has 2 amide bonds. The summed E-state index contributed by atoms with van der Waals surface area (Å²) in [6.07, 6.45) is 7.69. The molecule has 1 saturated heterocycles. The van der Waals surface area contributed by atoms with Crippen LogP contribution < -0.4 is 10.9 Å². The van der Waals surface area contributed by atoms with E-state index in [9.17, 15) is 19.5 Å². The van der Waals surface area contributed by atoms with Crippen molar-refractivity contribution in [2.75, 3.05) is 13.2 Å². The number of pyridine rings is 1. The average Bonchev–Trinajstić information content (AvgIpc) is 3.17. The van der Waals surface area contributed by atoms with Gasteiger partial charge in [0.25, 0.3) is 5.56 Å².